The molecule has 0 aliphatic heterocycles. The van der Waals surface area contributed by atoms with Gasteiger partial charge in [0, 0.05) is 10.9 Å². The Morgan fingerprint density at radius 1 is 1.04 bits per heavy atom. The van der Waals surface area contributed by atoms with Crippen LogP contribution in [-0.4, -0.2) is 24.9 Å². The van der Waals surface area contributed by atoms with E-state index in [1.807, 2.05) is 0 Å². The molecule has 142 valence electrons. The molecule has 28 heavy (non-hydrogen) atoms. The molecule has 0 saturated carbocycles. The number of alkyl halides is 1. The number of unbranched alkanes of at least 4 members (excludes halogenated alkanes) is 1. The summed E-state index contributed by atoms with van der Waals surface area (Å²) >= 11 is 3.33. The first-order valence-electron chi connectivity index (χ1n) is 8.23. The Bertz CT molecular complexity index is 1130. The van der Waals surface area contributed by atoms with Gasteiger partial charge in [0.2, 0.25) is 11.2 Å². The zero-order valence-corrected chi connectivity index (χ0v) is 19.6. The summed E-state index contributed by atoms with van der Waals surface area (Å²) in [4.78, 5) is 12.5. The molecule has 0 bridgehead atoms. The minimum atomic E-state index is -4.77. The topological polar surface area (TPSA) is 96.6 Å². The first-order valence-corrected chi connectivity index (χ1v) is 10.8. The van der Waals surface area contributed by atoms with E-state index < -0.39 is 20.4 Å². The van der Waals surface area contributed by atoms with Crippen molar-refractivity contribution in [3.8, 4) is 17.1 Å². The van der Waals surface area contributed by atoms with Gasteiger partial charge < -0.3 is 13.7 Å². The molecule has 0 N–H and O–H groups in total. The van der Waals surface area contributed by atoms with Gasteiger partial charge in [-0.05, 0) is 37.1 Å². The van der Waals surface area contributed by atoms with Gasteiger partial charge in [0.1, 0.15) is 15.7 Å². The molecule has 0 radical (unpaired) electrons. The third-order valence-corrected chi connectivity index (χ3v) is 5.39. The Morgan fingerprint density at radius 2 is 1.71 bits per heavy atom. The van der Waals surface area contributed by atoms with Gasteiger partial charge in [-0.1, -0.05) is 40.2 Å². The second-order valence-electron chi connectivity index (χ2n) is 5.78. The third-order valence-electron chi connectivity index (χ3n) is 3.93. The fourth-order valence-electron chi connectivity index (χ4n) is 2.68. The minimum Gasteiger partial charge on any atom is -0.744 e. The Balaban J connectivity index is 0.00000280. The van der Waals surface area contributed by atoms with Crippen LogP contribution in [0.2, 0.25) is 0 Å². The smallest absolute Gasteiger partial charge is 0.744 e. The van der Waals surface area contributed by atoms with Crippen LogP contribution in [0.5, 0.6) is 5.75 Å². The van der Waals surface area contributed by atoms with Crippen molar-refractivity contribution in [2.75, 3.05) is 11.9 Å². The number of halogens is 1. The van der Waals surface area contributed by atoms with Crippen LogP contribution in [0.1, 0.15) is 12.8 Å². The Labute approximate surface area is 193 Å². The normalized spacial score (nSPS) is 11.2. The van der Waals surface area contributed by atoms with Crippen molar-refractivity contribution in [3.63, 3.8) is 0 Å². The molecule has 0 saturated heterocycles. The number of hydrogen-bond donors (Lipinski definition) is 0. The molecular formula is C19H16BrNaO6S. The monoisotopic (exact) mass is 474 g/mol. The van der Waals surface area contributed by atoms with Gasteiger partial charge in [-0.25, -0.2) is 8.42 Å². The van der Waals surface area contributed by atoms with Crippen molar-refractivity contribution in [1.29, 1.82) is 0 Å². The average molecular weight is 475 g/mol. The van der Waals surface area contributed by atoms with Crippen molar-refractivity contribution >= 4 is 37.0 Å². The van der Waals surface area contributed by atoms with Crippen LogP contribution in [0, 0.1) is 0 Å². The van der Waals surface area contributed by atoms with E-state index in [1.165, 1.54) is 18.2 Å². The van der Waals surface area contributed by atoms with Gasteiger partial charge in [-0.2, -0.15) is 0 Å². The SMILES string of the molecule is O=c1c(OCCCCBr)c(-c2ccccc2S(=O)(=O)[O-])oc2ccccc12.[Na+]. The number of ether oxygens (including phenoxy) is 1. The van der Waals surface area contributed by atoms with E-state index in [0.717, 1.165) is 11.8 Å². The zero-order valence-electron chi connectivity index (χ0n) is 15.2. The predicted octanol–water partition coefficient (Wildman–Crippen LogP) is 0.922. The molecule has 1 heterocycles. The fourth-order valence-corrected chi connectivity index (χ4v) is 3.75. The van der Waals surface area contributed by atoms with Crippen LogP contribution in [-0.2, 0) is 10.1 Å². The molecule has 3 rings (SSSR count). The molecule has 0 aliphatic carbocycles. The molecule has 0 spiro atoms. The van der Waals surface area contributed by atoms with Crippen molar-refractivity contribution in [3.05, 3.63) is 58.8 Å². The largest absolute Gasteiger partial charge is 1.00 e. The standard InChI is InChI=1S/C19H17BrO6S.Na/c20-11-5-6-12-25-19-17(21)13-7-1-3-9-15(13)26-18(19)14-8-2-4-10-16(14)27(22,23)24;/h1-4,7-10H,5-6,11-12H2,(H,22,23,24);/q;+1/p-1. The molecule has 2 aromatic carbocycles. The number of hydrogen-bond acceptors (Lipinski definition) is 6. The molecule has 3 aromatic rings. The summed E-state index contributed by atoms with van der Waals surface area (Å²) in [7, 11) is -4.77. The first kappa shape index (κ1) is 23.1. The first-order chi connectivity index (χ1) is 12.9. The van der Waals surface area contributed by atoms with Crippen LogP contribution in [0.4, 0.5) is 0 Å². The summed E-state index contributed by atoms with van der Waals surface area (Å²) in [6, 6.07) is 12.2. The van der Waals surface area contributed by atoms with E-state index >= 15 is 0 Å². The van der Waals surface area contributed by atoms with Crippen LogP contribution in [0.3, 0.4) is 0 Å². The van der Waals surface area contributed by atoms with Gasteiger partial charge in [0.05, 0.1) is 16.9 Å². The average Bonchev–Trinajstić information content (AvgIpc) is 2.66. The molecule has 1 aromatic heterocycles. The Hall–Kier alpha value is -1.16. The molecule has 6 nitrogen and oxygen atoms in total. The summed E-state index contributed by atoms with van der Waals surface area (Å²) < 4.78 is 46.5. The van der Waals surface area contributed by atoms with E-state index in [-0.39, 0.29) is 58.8 Å². The van der Waals surface area contributed by atoms with Crippen LogP contribution in [0.25, 0.3) is 22.3 Å². The number of rotatable bonds is 7. The fraction of sp³-hybridized carbons (Fsp3) is 0.211. The van der Waals surface area contributed by atoms with Crippen molar-refractivity contribution in [2.24, 2.45) is 0 Å². The molecule has 0 unspecified atom stereocenters. The van der Waals surface area contributed by atoms with E-state index in [2.05, 4.69) is 15.9 Å². The third kappa shape index (κ3) is 5.06. The Morgan fingerprint density at radius 3 is 2.43 bits per heavy atom. The van der Waals surface area contributed by atoms with Crippen molar-refractivity contribution in [1.82, 2.24) is 0 Å². The number of benzene rings is 2. The van der Waals surface area contributed by atoms with Crippen LogP contribution in [0.15, 0.2) is 62.6 Å². The van der Waals surface area contributed by atoms with E-state index in [9.17, 15) is 17.8 Å². The predicted molar refractivity (Wildman–Crippen MR) is 104 cm³/mol. The summed E-state index contributed by atoms with van der Waals surface area (Å²) in [6.07, 6.45) is 1.54. The van der Waals surface area contributed by atoms with Crippen molar-refractivity contribution in [2.45, 2.75) is 17.7 Å². The summed E-state index contributed by atoms with van der Waals surface area (Å²) in [5, 5.41) is 1.12. The maximum atomic E-state index is 12.9. The molecule has 0 atom stereocenters. The van der Waals surface area contributed by atoms with Crippen molar-refractivity contribution < 1.29 is 51.7 Å². The Kier molecular flexibility index (Phi) is 8.30. The summed E-state index contributed by atoms with van der Waals surface area (Å²) in [5.41, 5.74) is -0.127. The van der Waals surface area contributed by atoms with Gasteiger partial charge >= 0.3 is 29.6 Å². The molecular weight excluding hydrogens is 459 g/mol. The van der Waals surface area contributed by atoms with Gasteiger partial charge in [-0.15, -0.1) is 0 Å². The second-order valence-corrected chi connectivity index (χ2v) is 7.92. The van der Waals surface area contributed by atoms with E-state index in [4.69, 9.17) is 9.15 Å². The maximum absolute atomic E-state index is 12.9. The van der Waals surface area contributed by atoms with Crippen LogP contribution >= 0.6 is 15.9 Å². The molecule has 0 aliphatic rings. The van der Waals surface area contributed by atoms with Gasteiger partial charge in [0.15, 0.2) is 5.76 Å². The van der Waals surface area contributed by atoms with E-state index in [0.29, 0.717) is 11.8 Å². The molecule has 0 fully saturated rings. The maximum Gasteiger partial charge on any atom is 1.00 e. The number of para-hydroxylation sites is 1. The van der Waals surface area contributed by atoms with E-state index in [1.54, 1.807) is 30.3 Å². The summed E-state index contributed by atoms with van der Waals surface area (Å²) in [5.74, 6) is -0.160. The number of fused-ring (bicyclic) bond motifs is 1. The quantitative estimate of drug-likeness (QED) is 0.218. The molecule has 9 heteroatoms. The van der Waals surface area contributed by atoms with Crippen LogP contribution < -0.4 is 39.7 Å². The van der Waals surface area contributed by atoms with Gasteiger partial charge in [-0.3, -0.25) is 4.79 Å². The molecule has 0 amide bonds. The van der Waals surface area contributed by atoms with Gasteiger partial charge in [0.25, 0.3) is 0 Å². The minimum absolute atomic E-state index is 0. The zero-order chi connectivity index (χ0) is 19.4. The second kappa shape index (κ2) is 10.0. The summed E-state index contributed by atoms with van der Waals surface area (Å²) in [6.45, 7) is 0.258.